The van der Waals surface area contributed by atoms with Crippen LogP contribution in [0.1, 0.15) is 25.7 Å². The highest BCUT2D eigenvalue weighted by Crippen LogP contribution is 2.25. The first-order valence-corrected chi connectivity index (χ1v) is 8.46. The second-order valence-electron chi connectivity index (χ2n) is 6.14. The maximum Gasteiger partial charge on any atom is 0.253 e. The summed E-state index contributed by atoms with van der Waals surface area (Å²) in [4.78, 5) is 25.8. The van der Waals surface area contributed by atoms with E-state index in [9.17, 15) is 9.59 Å². The van der Waals surface area contributed by atoms with Crippen LogP contribution in [0.4, 0.5) is 5.69 Å². The molecule has 2 amide bonds. The van der Waals surface area contributed by atoms with Gasteiger partial charge >= 0.3 is 0 Å². The van der Waals surface area contributed by atoms with Crippen molar-refractivity contribution in [2.75, 3.05) is 24.6 Å². The van der Waals surface area contributed by atoms with Gasteiger partial charge in [-0.25, -0.2) is 0 Å². The molecule has 23 heavy (non-hydrogen) atoms. The second kappa shape index (κ2) is 7.32. The van der Waals surface area contributed by atoms with Gasteiger partial charge in [-0.05, 0) is 37.1 Å². The van der Waals surface area contributed by atoms with Gasteiger partial charge in [0.1, 0.15) is 6.61 Å². The Balaban J connectivity index is 1.56. The van der Waals surface area contributed by atoms with Crippen LogP contribution in [0.5, 0.6) is 0 Å². The fourth-order valence-corrected chi connectivity index (χ4v) is 3.29. The highest BCUT2D eigenvalue weighted by atomic mass is 35.5. The molecule has 0 aromatic heterocycles. The van der Waals surface area contributed by atoms with Crippen molar-refractivity contribution in [2.24, 2.45) is 5.92 Å². The average molecular weight is 337 g/mol. The predicted octanol–water partition coefficient (Wildman–Crippen LogP) is 2.38. The summed E-state index contributed by atoms with van der Waals surface area (Å²) in [6.07, 6.45) is 4.04. The minimum absolute atomic E-state index is 0.0343. The van der Waals surface area contributed by atoms with Gasteiger partial charge in [-0.1, -0.05) is 24.4 Å². The number of morpholine rings is 1. The molecule has 1 saturated heterocycles. The second-order valence-corrected chi connectivity index (χ2v) is 6.58. The fraction of sp³-hybridized carbons (Fsp3) is 0.529. The van der Waals surface area contributed by atoms with E-state index in [1.807, 2.05) is 12.1 Å². The fourth-order valence-electron chi connectivity index (χ4n) is 3.17. The Hall–Kier alpha value is -1.59. The SMILES string of the molecule is O=C(NCC1CN(c2ccc(Cl)cc2)C(=O)CO1)C1CCCC1. The lowest BCUT2D eigenvalue weighted by Crippen LogP contribution is -2.51. The summed E-state index contributed by atoms with van der Waals surface area (Å²) >= 11 is 5.89. The van der Waals surface area contributed by atoms with Crippen LogP contribution in [-0.4, -0.2) is 37.6 Å². The molecular formula is C17H21ClN2O3. The number of ether oxygens (including phenoxy) is 1. The summed E-state index contributed by atoms with van der Waals surface area (Å²) in [6, 6.07) is 7.16. The molecule has 0 spiro atoms. The third-order valence-electron chi connectivity index (χ3n) is 4.50. The van der Waals surface area contributed by atoms with E-state index in [1.165, 1.54) is 0 Å². The van der Waals surface area contributed by atoms with Gasteiger partial charge in [0, 0.05) is 23.2 Å². The van der Waals surface area contributed by atoms with Crippen LogP contribution in [0.15, 0.2) is 24.3 Å². The van der Waals surface area contributed by atoms with Gasteiger partial charge in [-0.3, -0.25) is 9.59 Å². The van der Waals surface area contributed by atoms with Crippen molar-refractivity contribution in [1.29, 1.82) is 0 Å². The van der Waals surface area contributed by atoms with Crippen LogP contribution in [0, 0.1) is 5.92 Å². The Bertz CT molecular complexity index is 570. The van der Waals surface area contributed by atoms with E-state index in [4.69, 9.17) is 16.3 Å². The number of nitrogens with one attached hydrogen (secondary N) is 1. The molecular weight excluding hydrogens is 316 g/mol. The highest BCUT2D eigenvalue weighted by Gasteiger charge is 2.29. The van der Waals surface area contributed by atoms with E-state index in [0.29, 0.717) is 18.1 Å². The van der Waals surface area contributed by atoms with Crippen molar-refractivity contribution in [2.45, 2.75) is 31.8 Å². The van der Waals surface area contributed by atoms with Crippen molar-refractivity contribution >= 4 is 29.1 Å². The normalized spacial score (nSPS) is 22.4. The largest absolute Gasteiger partial charge is 0.365 e. The summed E-state index contributed by atoms with van der Waals surface area (Å²) < 4.78 is 5.55. The van der Waals surface area contributed by atoms with Gasteiger partial charge in [0.2, 0.25) is 5.91 Å². The number of nitrogens with zero attached hydrogens (tertiary/aromatic N) is 1. The number of amides is 2. The molecule has 0 radical (unpaired) electrons. The van der Waals surface area contributed by atoms with E-state index in [0.717, 1.165) is 31.4 Å². The van der Waals surface area contributed by atoms with Crippen LogP contribution in [0.25, 0.3) is 0 Å². The van der Waals surface area contributed by atoms with Gasteiger partial charge < -0.3 is 15.0 Å². The van der Waals surface area contributed by atoms with E-state index < -0.39 is 0 Å². The van der Waals surface area contributed by atoms with Crippen molar-refractivity contribution in [3.8, 4) is 0 Å². The molecule has 5 nitrogen and oxygen atoms in total. The van der Waals surface area contributed by atoms with E-state index in [2.05, 4.69) is 5.32 Å². The van der Waals surface area contributed by atoms with E-state index in [-0.39, 0.29) is 30.4 Å². The maximum absolute atomic E-state index is 12.1. The summed E-state index contributed by atoms with van der Waals surface area (Å²) in [5.41, 5.74) is 0.801. The zero-order valence-corrected chi connectivity index (χ0v) is 13.7. The lowest BCUT2D eigenvalue weighted by Gasteiger charge is -2.33. The number of hydrogen-bond acceptors (Lipinski definition) is 3. The Kier molecular flexibility index (Phi) is 5.18. The first-order chi connectivity index (χ1) is 11.1. The first kappa shape index (κ1) is 16.3. The Morgan fingerprint density at radius 3 is 2.65 bits per heavy atom. The number of carbonyl (C=O) groups excluding carboxylic acids is 2. The number of benzene rings is 1. The van der Waals surface area contributed by atoms with Crippen LogP contribution >= 0.6 is 11.6 Å². The van der Waals surface area contributed by atoms with Crippen molar-refractivity contribution in [3.05, 3.63) is 29.3 Å². The van der Waals surface area contributed by atoms with Crippen LogP contribution in [0.3, 0.4) is 0 Å². The third kappa shape index (κ3) is 4.03. The van der Waals surface area contributed by atoms with Gasteiger partial charge in [-0.15, -0.1) is 0 Å². The van der Waals surface area contributed by atoms with Gasteiger partial charge in [-0.2, -0.15) is 0 Å². The molecule has 124 valence electrons. The van der Waals surface area contributed by atoms with Crippen LogP contribution in [0.2, 0.25) is 5.02 Å². The van der Waals surface area contributed by atoms with Gasteiger partial charge in [0.25, 0.3) is 5.91 Å². The molecule has 2 fully saturated rings. The van der Waals surface area contributed by atoms with Crippen molar-refractivity contribution < 1.29 is 14.3 Å². The highest BCUT2D eigenvalue weighted by molar-refractivity contribution is 6.30. The molecule has 1 aromatic rings. The zero-order valence-electron chi connectivity index (χ0n) is 13.0. The predicted molar refractivity (Wildman–Crippen MR) is 88.5 cm³/mol. The molecule has 1 atom stereocenters. The summed E-state index contributed by atoms with van der Waals surface area (Å²) in [7, 11) is 0. The number of halogens is 1. The van der Waals surface area contributed by atoms with Crippen molar-refractivity contribution in [3.63, 3.8) is 0 Å². The quantitative estimate of drug-likeness (QED) is 0.918. The zero-order chi connectivity index (χ0) is 16.2. The molecule has 1 heterocycles. The monoisotopic (exact) mass is 336 g/mol. The summed E-state index contributed by atoms with van der Waals surface area (Å²) in [5.74, 6) is 0.180. The smallest absolute Gasteiger partial charge is 0.253 e. The van der Waals surface area contributed by atoms with Crippen molar-refractivity contribution in [1.82, 2.24) is 5.32 Å². The van der Waals surface area contributed by atoms with Gasteiger partial charge in [0.15, 0.2) is 0 Å². The minimum atomic E-state index is -0.186. The molecule has 1 aliphatic carbocycles. The first-order valence-electron chi connectivity index (χ1n) is 8.09. The molecule has 2 aliphatic rings. The van der Waals surface area contributed by atoms with E-state index >= 15 is 0 Å². The molecule has 6 heteroatoms. The topological polar surface area (TPSA) is 58.6 Å². The number of rotatable bonds is 4. The summed E-state index contributed by atoms with van der Waals surface area (Å²) in [6.45, 7) is 0.907. The third-order valence-corrected chi connectivity index (χ3v) is 4.75. The molecule has 1 unspecified atom stereocenters. The standard InChI is InChI=1S/C17H21ClN2O3/c18-13-5-7-14(8-6-13)20-10-15(23-11-16(20)21)9-19-17(22)12-3-1-2-4-12/h5-8,12,15H,1-4,9-11H2,(H,19,22). The number of carbonyl (C=O) groups is 2. The van der Waals surface area contributed by atoms with E-state index in [1.54, 1.807) is 17.0 Å². The lowest BCUT2D eigenvalue weighted by atomic mass is 10.1. The number of hydrogen-bond donors (Lipinski definition) is 1. The maximum atomic E-state index is 12.1. The Morgan fingerprint density at radius 1 is 1.26 bits per heavy atom. The molecule has 1 aliphatic heterocycles. The molecule has 1 N–H and O–H groups in total. The Morgan fingerprint density at radius 2 is 1.96 bits per heavy atom. The summed E-state index contributed by atoms with van der Waals surface area (Å²) in [5, 5.41) is 3.60. The molecule has 3 rings (SSSR count). The Labute approximate surface area is 140 Å². The van der Waals surface area contributed by atoms with Crippen LogP contribution < -0.4 is 10.2 Å². The van der Waals surface area contributed by atoms with Crippen LogP contribution in [-0.2, 0) is 14.3 Å². The minimum Gasteiger partial charge on any atom is -0.365 e. The average Bonchev–Trinajstić information content (AvgIpc) is 3.09. The molecule has 1 saturated carbocycles. The number of anilines is 1. The molecule has 1 aromatic carbocycles. The van der Waals surface area contributed by atoms with Gasteiger partial charge in [0.05, 0.1) is 12.6 Å². The lowest BCUT2D eigenvalue weighted by molar-refractivity contribution is -0.130. The molecule has 0 bridgehead atoms.